The van der Waals surface area contributed by atoms with Gasteiger partial charge in [-0.2, -0.15) is 13.2 Å². The van der Waals surface area contributed by atoms with Crippen LogP contribution in [0.1, 0.15) is 99.0 Å². The molecular weight excluding hydrogens is 467 g/mol. The van der Waals surface area contributed by atoms with Gasteiger partial charge in [-0.3, -0.25) is 4.79 Å². The maximum Gasteiger partial charge on any atom is 0.416 e. The van der Waals surface area contributed by atoms with E-state index in [1.165, 1.54) is 0 Å². The number of aryl methyl sites for hydroxylation is 1. The quantitative estimate of drug-likeness (QED) is 0.265. The van der Waals surface area contributed by atoms with Crippen LogP contribution in [0.2, 0.25) is 0 Å². The van der Waals surface area contributed by atoms with E-state index in [4.69, 9.17) is 0 Å². The van der Waals surface area contributed by atoms with E-state index in [2.05, 4.69) is 15.5 Å². The Morgan fingerprint density at radius 2 is 1.78 bits per heavy atom. The number of alkyl halides is 3. The fourth-order valence-electron chi connectivity index (χ4n) is 5.73. The maximum atomic E-state index is 13.1. The molecule has 1 heterocycles. The Kier molecular flexibility index (Phi) is 10.2. The van der Waals surface area contributed by atoms with Gasteiger partial charge in [-0.1, -0.05) is 32.6 Å². The summed E-state index contributed by atoms with van der Waals surface area (Å²) in [5, 5.41) is 6.23. The van der Waals surface area contributed by atoms with Gasteiger partial charge in [0.05, 0.1) is 11.1 Å². The molecule has 0 unspecified atom stereocenters. The lowest BCUT2D eigenvalue weighted by molar-refractivity contribution is -0.137. The molecule has 2 amide bonds. The number of nitrogens with one attached hydrogen (secondary N) is 2. The number of benzene rings is 1. The van der Waals surface area contributed by atoms with Gasteiger partial charge in [-0.15, -0.1) is 0 Å². The second-order valence-corrected chi connectivity index (χ2v) is 10.8. The summed E-state index contributed by atoms with van der Waals surface area (Å²) in [5.41, 5.74) is -0.259. The lowest BCUT2D eigenvalue weighted by Crippen LogP contribution is -2.57. The normalized spacial score (nSPS) is 18.8. The Morgan fingerprint density at radius 3 is 2.42 bits per heavy atom. The number of ketones is 1. The second-order valence-electron chi connectivity index (χ2n) is 10.8. The van der Waals surface area contributed by atoms with Crippen LogP contribution in [0.3, 0.4) is 0 Å². The minimum absolute atomic E-state index is 0.0523. The number of amides is 2. The van der Waals surface area contributed by atoms with Crippen LogP contribution in [0.15, 0.2) is 18.2 Å². The molecule has 2 fully saturated rings. The Bertz CT molecular complexity index is 873. The third-order valence-corrected chi connectivity index (χ3v) is 7.70. The number of hydrogen-bond donors (Lipinski definition) is 2. The molecule has 5 nitrogen and oxygen atoms in total. The molecule has 1 saturated carbocycles. The SMILES string of the molecule is CCCNC(=O)NC1(CN2CCC(CCCCC(=O)c3cc(C)cc(C(F)(F)F)c3)CC2)CCCC1. The van der Waals surface area contributed by atoms with Gasteiger partial charge in [0.25, 0.3) is 0 Å². The Balaban J connectivity index is 1.38. The van der Waals surface area contributed by atoms with E-state index in [1.54, 1.807) is 13.0 Å². The predicted octanol–water partition coefficient (Wildman–Crippen LogP) is 6.49. The van der Waals surface area contributed by atoms with E-state index in [1.807, 2.05) is 6.92 Å². The van der Waals surface area contributed by atoms with E-state index in [0.717, 1.165) is 89.6 Å². The van der Waals surface area contributed by atoms with Crippen LogP contribution < -0.4 is 10.6 Å². The molecule has 8 heteroatoms. The van der Waals surface area contributed by atoms with E-state index < -0.39 is 11.7 Å². The standard InChI is InChI=1S/C28H42F3N3O2/c1-3-14-32-26(36)33-27(12-6-7-13-27)20-34-15-10-22(11-16-34)8-4-5-9-25(35)23-17-21(2)18-24(19-23)28(29,30)31/h17-19,22H,3-16,20H2,1-2H3,(H2,32,33,36). The number of unbranched alkanes of at least 4 members (excludes halogenated alkanes) is 1. The molecular formula is C28H42F3N3O2. The lowest BCUT2D eigenvalue weighted by Gasteiger charge is -2.39. The highest BCUT2D eigenvalue weighted by atomic mass is 19.4. The number of likely N-dealkylation sites (tertiary alicyclic amines) is 1. The summed E-state index contributed by atoms with van der Waals surface area (Å²) in [7, 11) is 0. The fraction of sp³-hybridized carbons (Fsp3) is 0.714. The smallest absolute Gasteiger partial charge is 0.338 e. The molecule has 3 rings (SSSR count). The third-order valence-electron chi connectivity index (χ3n) is 7.70. The van der Waals surface area contributed by atoms with Crippen LogP contribution in [0, 0.1) is 12.8 Å². The molecule has 2 N–H and O–H groups in total. The number of carbonyl (C=O) groups is 2. The molecule has 0 spiro atoms. The number of carbonyl (C=O) groups excluding carboxylic acids is 2. The zero-order chi connectivity index (χ0) is 26.2. The summed E-state index contributed by atoms with van der Waals surface area (Å²) < 4.78 is 39.2. The van der Waals surface area contributed by atoms with Crippen LogP contribution in [-0.2, 0) is 6.18 Å². The summed E-state index contributed by atoms with van der Waals surface area (Å²) in [5.74, 6) is 0.406. The molecule has 0 aromatic heterocycles. The topological polar surface area (TPSA) is 61.4 Å². The van der Waals surface area contributed by atoms with Crippen molar-refractivity contribution in [2.45, 2.75) is 96.2 Å². The molecule has 0 radical (unpaired) electrons. The summed E-state index contributed by atoms with van der Waals surface area (Å²) in [6.45, 7) is 7.28. The minimum Gasteiger partial charge on any atom is -0.338 e. The van der Waals surface area contributed by atoms with Gasteiger partial charge in [0.1, 0.15) is 0 Å². The van der Waals surface area contributed by atoms with Gasteiger partial charge >= 0.3 is 12.2 Å². The average Bonchev–Trinajstić information content (AvgIpc) is 3.28. The molecule has 1 aliphatic heterocycles. The molecule has 1 saturated heterocycles. The first-order valence-corrected chi connectivity index (χ1v) is 13.6. The van der Waals surface area contributed by atoms with Crippen molar-refractivity contribution in [1.29, 1.82) is 0 Å². The van der Waals surface area contributed by atoms with Crippen LogP contribution in [-0.4, -0.2) is 48.4 Å². The van der Waals surface area contributed by atoms with Crippen LogP contribution in [0.25, 0.3) is 0 Å². The largest absolute Gasteiger partial charge is 0.416 e. The molecule has 1 aromatic carbocycles. The van der Waals surface area contributed by atoms with Crippen molar-refractivity contribution in [3.8, 4) is 0 Å². The predicted molar refractivity (Wildman–Crippen MR) is 136 cm³/mol. The summed E-state index contributed by atoms with van der Waals surface area (Å²) >= 11 is 0. The summed E-state index contributed by atoms with van der Waals surface area (Å²) in [4.78, 5) is 27.3. The van der Waals surface area contributed by atoms with Gasteiger partial charge in [0, 0.05) is 25.1 Å². The number of urea groups is 1. The highest BCUT2D eigenvalue weighted by Crippen LogP contribution is 2.33. The molecule has 1 aliphatic carbocycles. The highest BCUT2D eigenvalue weighted by molar-refractivity contribution is 5.96. The van der Waals surface area contributed by atoms with Gasteiger partial charge in [-0.25, -0.2) is 4.79 Å². The van der Waals surface area contributed by atoms with Crippen molar-refractivity contribution < 1.29 is 22.8 Å². The molecule has 36 heavy (non-hydrogen) atoms. The van der Waals surface area contributed by atoms with E-state index in [0.29, 0.717) is 24.4 Å². The van der Waals surface area contributed by atoms with Crippen LogP contribution in [0.5, 0.6) is 0 Å². The summed E-state index contributed by atoms with van der Waals surface area (Å²) in [6, 6.07) is 3.55. The van der Waals surface area contributed by atoms with Gasteiger partial charge in [0.2, 0.25) is 0 Å². The number of halogens is 3. The number of Topliss-reactive ketones (excluding diaryl/α,β-unsaturated/α-hetero) is 1. The Hall–Kier alpha value is -2.09. The molecule has 2 aliphatic rings. The summed E-state index contributed by atoms with van der Waals surface area (Å²) in [6.07, 6.45) is 6.03. The Labute approximate surface area is 213 Å². The van der Waals surface area contributed by atoms with E-state index in [-0.39, 0.29) is 29.3 Å². The first-order valence-electron chi connectivity index (χ1n) is 13.6. The maximum absolute atomic E-state index is 13.1. The third kappa shape index (κ3) is 8.49. The molecule has 0 atom stereocenters. The van der Waals surface area contributed by atoms with Crippen molar-refractivity contribution in [1.82, 2.24) is 15.5 Å². The number of nitrogens with zero attached hydrogens (tertiary/aromatic N) is 1. The fourth-order valence-corrected chi connectivity index (χ4v) is 5.73. The average molecular weight is 510 g/mol. The first-order chi connectivity index (χ1) is 17.1. The number of hydrogen-bond acceptors (Lipinski definition) is 3. The van der Waals surface area contributed by atoms with Gasteiger partial charge < -0.3 is 15.5 Å². The number of rotatable bonds is 11. The monoisotopic (exact) mass is 509 g/mol. The van der Waals surface area contributed by atoms with Gasteiger partial charge in [0.15, 0.2) is 5.78 Å². The second kappa shape index (κ2) is 12.9. The van der Waals surface area contributed by atoms with Crippen molar-refractivity contribution in [3.05, 3.63) is 34.9 Å². The number of piperidine rings is 1. The minimum atomic E-state index is -4.44. The van der Waals surface area contributed by atoms with Crippen molar-refractivity contribution in [2.24, 2.45) is 5.92 Å². The van der Waals surface area contributed by atoms with Gasteiger partial charge in [-0.05, 0) is 88.2 Å². The lowest BCUT2D eigenvalue weighted by atomic mass is 9.89. The van der Waals surface area contributed by atoms with Crippen molar-refractivity contribution in [2.75, 3.05) is 26.2 Å². The van der Waals surface area contributed by atoms with Crippen molar-refractivity contribution >= 4 is 11.8 Å². The first kappa shape index (κ1) is 28.5. The van der Waals surface area contributed by atoms with Crippen LogP contribution in [0.4, 0.5) is 18.0 Å². The molecule has 0 bridgehead atoms. The highest BCUT2D eigenvalue weighted by Gasteiger charge is 2.37. The Morgan fingerprint density at radius 1 is 1.08 bits per heavy atom. The van der Waals surface area contributed by atoms with Crippen molar-refractivity contribution in [3.63, 3.8) is 0 Å². The zero-order valence-electron chi connectivity index (χ0n) is 21.8. The van der Waals surface area contributed by atoms with Crippen LogP contribution >= 0.6 is 0 Å². The molecule has 202 valence electrons. The van der Waals surface area contributed by atoms with E-state index in [9.17, 15) is 22.8 Å². The van der Waals surface area contributed by atoms with E-state index >= 15 is 0 Å². The molecule has 1 aromatic rings. The zero-order valence-corrected chi connectivity index (χ0v) is 21.8.